The second-order valence-electron chi connectivity index (χ2n) is 6.99. The topological polar surface area (TPSA) is 77.7 Å². The molecule has 0 radical (unpaired) electrons. The van der Waals surface area contributed by atoms with Gasteiger partial charge in [0, 0.05) is 25.4 Å². The highest BCUT2D eigenvalue weighted by Crippen LogP contribution is 2.37. The molecule has 5 rings (SSSR count). The van der Waals surface area contributed by atoms with Crippen molar-refractivity contribution < 1.29 is 9.47 Å². The lowest BCUT2D eigenvalue weighted by atomic mass is 9.84. The first-order valence-corrected chi connectivity index (χ1v) is 8.86. The van der Waals surface area contributed by atoms with Crippen LogP contribution in [-0.4, -0.2) is 56.2 Å². The van der Waals surface area contributed by atoms with Crippen LogP contribution in [0.3, 0.4) is 0 Å². The van der Waals surface area contributed by atoms with Crippen LogP contribution in [0.4, 0.5) is 5.82 Å². The van der Waals surface area contributed by atoms with Crippen molar-refractivity contribution in [3.05, 3.63) is 48.5 Å². The Kier molecular flexibility index (Phi) is 3.79. The first kappa shape index (κ1) is 15.7. The van der Waals surface area contributed by atoms with E-state index in [0.717, 1.165) is 49.6 Å². The third-order valence-corrected chi connectivity index (χ3v) is 5.11. The van der Waals surface area contributed by atoms with Gasteiger partial charge in [-0.2, -0.15) is 4.52 Å². The highest BCUT2D eigenvalue weighted by atomic mass is 16.5. The van der Waals surface area contributed by atoms with Gasteiger partial charge in [0.05, 0.1) is 25.8 Å². The average molecular weight is 352 g/mol. The lowest BCUT2D eigenvalue weighted by molar-refractivity contribution is -0.148. The summed E-state index contributed by atoms with van der Waals surface area (Å²) in [5.41, 5.74) is 1.79. The lowest BCUT2D eigenvalue weighted by Gasteiger charge is -2.53. The number of fused-ring (bicyclic) bond motifs is 1. The lowest BCUT2D eigenvalue weighted by Crippen LogP contribution is -2.66. The smallest absolute Gasteiger partial charge is 0.177 e. The zero-order valence-corrected chi connectivity index (χ0v) is 14.4. The molecule has 0 aromatic carbocycles. The maximum Gasteiger partial charge on any atom is 0.177 e. The van der Waals surface area contributed by atoms with E-state index >= 15 is 0 Å². The summed E-state index contributed by atoms with van der Waals surface area (Å²) in [4.78, 5) is 6.27. The summed E-state index contributed by atoms with van der Waals surface area (Å²) < 4.78 is 13.9. The minimum Gasteiger partial charge on any atom is -0.373 e. The first-order valence-electron chi connectivity index (χ1n) is 8.86. The molecule has 0 saturated carbocycles. The molecule has 134 valence electrons. The van der Waals surface area contributed by atoms with Crippen molar-refractivity contribution in [2.24, 2.45) is 0 Å². The van der Waals surface area contributed by atoms with Gasteiger partial charge in [-0.15, -0.1) is 15.3 Å². The number of nitrogens with zero attached hydrogens (tertiary/aromatic N) is 6. The standard InChI is InChI=1S/C18H20N6O2/c1-2-17(22-24-13-20-21-16(1)24)23-11-18(12-23)9-15(5-8-26-18)25-10-14-3-6-19-7-4-14/h1-4,6-7,13,15H,5,8-12H2/t15-/m0/s1. The Morgan fingerprint density at radius 3 is 2.96 bits per heavy atom. The molecule has 5 heterocycles. The van der Waals surface area contributed by atoms with Gasteiger partial charge in [-0.05, 0) is 36.2 Å². The average Bonchev–Trinajstić information content (AvgIpc) is 3.13. The monoisotopic (exact) mass is 352 g/mol. The van der Waals surface area contributed by atoms with Crippen molar-refractivity contribution in [2.75, 3.05) is 24.6 Å². The van der Waals surface area contributed by atoms with Crippen LogP contribution in [0.15, 0.2) is 43.0 Å². The zero-order valence-electron chi connectivity index (χ0n) is 14.4. The third-order valence-electron chi connectivity index (χ3n) is 5.11. The Morgan fingerprint density at radius 2 is 2.08 bits per heavy atom. The Hall–Kier alpha value is -2.58. The minimum absolute atomic E-state index is 0.120. The SMILES string of the molecule is c1cc(CO[C@H]2CCOC3(C2)CN(c2ccc4nncn4n2)C3)ccn1. The fraction of sp³-hybridized carbons (Fsp3) is 0.444. The summed E-state index contributed by atoms with van der Waals surface area (Å²) in [7, 11) is 0. The van der Waals surface area contributed by atoms with Gasteiger partial charge in [0.2, 0.25) is 0 Å². The van der Waals surface area contributed by atoms with Gasteiger partial charge in [-0.3, -0.25) is 4.98 Å². The summed E-state index contributed by atoms with van der Waals surface area (Å²) in [6, 6.07) is 7.90. The molecular formula is C18H20N6O2. The Balaban J connectivity index is 1.20. The largest absolute Gasteiger partial charge is 0.373 e. The summed E-state index contributed by atoms with van der Waals surface area (Å²) in [5, 5.41) is 12.4. The van der Waals surface area contributed by atoms with E-state index in [4.69, 9.17) is 9.47 Å². The number of hydrogen-bond acceptors (Lipinski definition) is 7. The predicted octanol–water partition coefficient (Wildman–Crippen LogP) is 1.47. The number of anilines is 1. The summed E-state index contributed by atoms with van der Waals surface area (Å²) in [6.45, 7) is 3.04. The fourth-order valence-corrected chi connectivity index (χ4v) is 3.74. The van der Waals surface area contributed by atoms with Crippen LogP contribution in [0, 0.1) is 0 Å². The highest BCUT2D eigenvalue weighted by molar-refractivity contribution is 5.48. The van der Waals surface area contributed by atoms with Crippen molar-refractivity contribution in [3.63, 3.8) is 0 Å². The van der Waals surface area contributed by atoms with Crippen molar-refractivity contribution in [3.8, 4) is 0 Å². The van der Waals surface area contributed by atoms with Gasteiger partial charge in [-0.1, -0.05) is 0 Å². The molecule has 1 atom stereocenters. The van der Waals surface area contributed by atoms with Gasteiger partial charge in [0.15, 0.2) is 5.65 Å². The minimum atomic E-state index is -0.120. The van der Waals surface area contributed by atoms with Crippen LogP contribution < -0.4 is 4.90 Å². The Bertz CT molecular complexity index is 893. The third kappa shape index (κ3) is 2.91. The second-order valence-corrected chi connectivity index (χ2v) is 6.99. The molecule has 3 aromatic heterocycles. The van der Waals surface area contributed by atoms with E-state index in [-0.39, 0.29) is 11.7 Å². The van der Waals surface area contributed by atoms with Crippen LogP contribution in [0.2, 0.25) is 0 Å². The number of pyridine rings is 1. The first-order chi connectivity index (χ1) is 12.8. The molecule has 0 N–H and O–H groups in total. The van der Waals surface area contributed by atoms with E-state index in [2.05, 4.69) is 25.2 Å². The molecule has 0 unspecified atom stereocenters. The van der Waals surface area contributed by atoms with Crippen LogP contribution in [-0.2, 0) is 16.1 Å². The molecule has 8 nitrogen and oxygen atoms in total. The van der Waals surface area contributed by atoms with Crippen LogP contribution >= 0.6 is 0 Å². The van der Waals surface area contributed by atoms with Gasteiger partial charge < -0.3 is 14.4 Å². The van der Waals surface area contributed by atoms with Gasteiger partial charge >= 0.3 is 0 Å². The maximum absolute atomic E-state index is 6.13. The van der Waals surface area contributed by atoms with E-state index in [1.165, 1.54) is 0 Å². The van der Waals surface area contributed by atoms with Crippen molar-refractivity contribution in [2.45, 2.75) is 31.2 Å². The number of rotatable bonds is 4. The molecule has 2 saturated heterocycles. The van der Waals surface area contributed by atoms with E-state index in [0.29, 0.717) is 6.61 Å². The molecule has 2 aliphatic rings. The quantitative estimate of drug-likeness (QED) is 0.704. The molecule has 8 heteroatoms. The Labute approximate surface area is 150 Å². The van der Waals surface area contributed by atoms with Crippen LogP contribution in [0.25, 0.3) is 5.65 Å². The molecule has 26 heavy (non-hydrogen) atoms. The maximum atomic E-state index is 6.13. The number of hydrogen-bond donors (Lipinski definition) is 0. The second kappa shape index (κ2) is 6.30. The Morgan fingerprint density at radius 1 is 1.19 bits per heavy atom. The molecule has 1 spiro atoms. The van der Waals surface area contributed by atoms with Crippen molar-refractivity contribution in [1.82, 2.24) is 24.8 Å². The van der Waals surface area contributed by atoms with Gasteiger partial charge in [-0.25, -0.2) is 0 Å². The van der Waals surface area contributed by atoms with Gasteiger partial charge in [0.25, 0.3) is 0 Å². The van der Waals surface area contributed by atoms with E-state index in [1.54, 1.807) is 23.2 Å². The molecule has 0 aliphatic carbocycles. The molecular weight excluding hydrogens is 332 g/mol. The summed E-state index contributed by atoms with van der Waals surface area (Å²) >= 11 is 0. The summed E-state index contributed by atoms with van der Waals surface area (Å²) in [6.07, 6.45) is 7.31. The normalized spacial score (nSPS) is 21.8. The van der Waals surface area contributed by atoms with Gasteiger partial charge in [0.1, 0.15) is 17.7 Å². The number of aromatic nitrogens is 5. The molecule has 2 fully saturated rings. The number of ether oxygens (including phenoxy) is 2. The highest BCUT2D eigenvalue weighted by Gasteiger charge is 2.48. The van der Waals surface area contributed by atoms with Crippen LogP contribution in [0.1, 0.15) is 18.4 Å². The zero-order chi connectivity index (χ0) is 17.4. The molecule has 3 aromatic rings. The van der Waals surface area contributed by atoms with Crippen molar-refractivity contribution in [1.29, 1.82) is 0 Å². The molecule has 0 amide bonds. The fourth-order valence-electron chi connectivity index (χ4n) is 3.74. The molecule has 2 aliphatic heterocycles. The van der Waals surface area contributed by atoms with Crippen molar-refractivity contribution >= 4 is 11.5 Å². The van der Waals surface area contributed by atoms with Crippen LogP contribution in [0.5, 0.6) is 0 Å². The predicted molar refractivity (Wildman–Crippen MR) is 93.7 cm³/mol. The summed E-state index contributed by atoms with van der Waals surface area (Å²) in [5.74, 6) is 0.923. The van der Waals surface area contributed by atoms with E-state index in [1.807, 2.05) is 24.3 Å². The van der Waals surface area contributed by atoms with E-state index < -0.39 is 0 Å². The van der Waals surface area contributed by atoms with E-state index in [9.17, 15) is 0 Å². The molecule has 0 bridgehead atoms.